The average molecular weight is 331 g/mol. The number of nitrogens with one attached hydrogen (secondary N) is 1. The maximum absolute atomic E-state index is 12.1. The monoisotopic (exact) mass is 330 g/mol. The van der Waals surface area contributed by atoms with E-state index in [1.165, 1.54) is 12.1 Å². The molecular formula is C15H20Cl2N2O2. The Hall–Kier alpha value is -0.970. The molecule has 0 radical (unpaired) electrons. The Morgan fingerprint density at radius 3 is 2.67 bits per heavy atom. The fourth-order valence-electron chi connectivity index (χ4n) is 2.86. The number of amides is 1. The molecule has 1 amide bonds. The van der Waals surface area contributed by atoms with Crippen molar-refractivity contribution in [3.05, 3.63) is 27.7 Å². The van der Waals surface area contributed by atoms with Gasteiger partial charge in [0.2, 0.25) is 0 Å². The summed E-state index contributed by atoms with van der Waals surface area (Å²) in [4.78, 5) is 12.1. The Morgan fingerprint density at radius 1 is 1.48 bits per heavy atom. The molecule has 1 aromatic rings. The van der Waals surface area contributed by atoms with Gasteiger partial charge in [-0.3, -0.25) is 4.79 Å². The number of anilines is 1. The summed E-state index contributed by atoms with van der Waals surface area (Å²) in [5.74, 6) is 0.159. The highest BCUT2D eigenvalue weighted by atomic mass is 35.5. The molecule has 1 aliphatic rings. The van der Waals surface area contributed by atoms with Crippen LogP contribution in [-0.4, -0.2) is 23.2 Å². The van der Waals surface area contributed by atoms with E-state index in [2.05, 4.69) is 12.2 Å². The first-order valence-electron chi connectivity index (χ1n) is 7.06. The summed E-state index contributed by atoms with van der Waals surface area (Å²) in [6.07, 6.45) is 3.52. The van der Waals surface area contributed by atoms with Gasteiger partial charge in [-0.15, -0.1) is 0 Å². The molecule has 2 rings (SSSR count). The molecule has 0 bridgehead atoms. The Balaban J connectivity index is 2.02. The van der Waals surface area contributed by atoms with Crippen LogP contribution in [0.2, 0.25) is 10.0 Å². The molecule has 0 spiro atoms. The standard InChI is InChI=1S/C15H20Cl2N2O2/c1-9-3-2-4-15(21,7-9)8-19-14(20)10-5-11(16)13(18)12(17)6-10/h5-6,9,21H,2-4,7-8,18H2,1H3,(H,19,20). The van der Waals surface area contributed by atoms with Crippen molar-refractivity contribution in [2.24, 2.45) is 5.92 Å². The minimum absolute atomic E-state index is 0.232. The van der Waals surface area contributed by atoms with Crippen molar-refractivity contribution in [1.29, 1.82) is 0 Å². The molecule has 6 heteroatoms. The second-order valence-corrected chi connectivity index (χ2v) is 6.78. The molecule has 1 aromatic carbocycles. The third-order valence-electron chi connectivity index (χ3n) is 3.99. The molecule has 0 aliphatic heterocycles. The predicted octanol–water partition coefficient (Wildman–Crippen LogP) is 3.25. The minimum atomic E-state index is -0.825. The van der Waals surface area contributed by atoms with E-state index in [1.807, 2.05) is 0 Å². The van der Waals surface area contributed by atoms with E-state index < -0.39 is 5.60 Å². The lowest BCUT2D eigenvalue weighted by molar-refractivity contribution is -0.0109. The summed E-state index contributed by atoms with van der Waals surface area (Å²) in [6.45, 7) is 2.35. The van der Waals surface area contributed by atoms with Gasteiger partial charge >= 0.3 is 0 Å². The summed E-state index contributed by atoms with van der Waals surface area (Å²) < 4.78 is 0. The maximum Gasteiger partial charge on any atom is 0.251 e. The van der Waals surface area contributed by atoms with Gasteiger partial charge in [0.05, 0.1) is 21.3 Å². The third kappa shape index (κ3) is 4.02. The van der Waals surface area contributed by atoms with Gasteiger partial charge in [-0.1, -0.05) is 43.0 Å². The van der Waals surface area contributed by atoms with Gasteiger partial charge < -0.3 is 16.2 Å². The van der Waals surface area contributed by atoms with Crippen LogP contribution in [0.1, 0.15) is 43.0 Å². The Kier molecular flexibility index (Phi) is 5.02. The molecule has 116 valence electrons. The SMILES string of the molecule is CC1CCCC(O)(CNC(=O)c2cc(Cl)c(N)c(Cl)c2)C1. The Labute approximate surface area is 134 Å². The molecule has 0 aromatic heterocycles. The van der Waals surface area contributed by atoms with Crippen molar-refractivity contribution in [2.45, 2.75) is 38.2 Å². The number of nitrogens with two attached hydrogens (primary N) is 1. The molecule has 0 saturated heterocycles. The van der Waals surface area contributed by atoms with Crippen LogP contribution in [0.5, 0.6) is 0 Å². The van der Waals surface area contributed by atoms with Gasteiger partial charge in [-0.2, -0.15) is 0 Å². The number of halogens is 2. The van der Waals surface area contributed by atoms with Gasteiger partial charge in [0, 0.05) is 12.1 Å². The average Bonchev–Trinajstić information content (AvgIpc) is 2.41. The second-order valence-electron chi connectivity index (χ2n) is 5.96. The summed E-state index contributed by atoms with van der Waals surface area (Å²) in [5, 5.41) is 13.8. The Bertz CT molecular complexity index is 527. The van der Waals surface area contributed by atoms with E-state index in [0.29, 0.717) is 24.3 Å². The van der Waals surface area contributed by atoms with Crippen LogP contribution in [0.3, 0.4) is 0 Å². The van der Waals surface area contributed by atoms with Gasteiger partial charge in [-0.25, -0.2) is 0 Å². The molecule has 1 fully saturated rings. The largest absolute Gasteiger partial charge is 0.396 e. The molecule has 21 heavy (non-hydrogen) atoms. The zero-order valence-electron chi connectivity index (χ0n) is 12.0. The first kappa shape index (κ1) is 16.4. The van der Waals surface area contributed by atoms with Gasteiger partial charge in [0.1, 0.15) is 0 Å². The summed E-state index contributed by atoms with van der Waals surface area (Å²) >= 11 is 11.8. The number of hydrogen-bond acceptors (Lipinski definition) is 3. The van der Waals surface area contributed by atoms with Crippen LogP contribution in [0.4, 0.5) is 5.69 Å². The molecule has 1 saturated carbocycles. The summed E-state index contributed by atoms with van der Waals surface area (Å²) in [6, 6.07) is 2.96. The quantitative estimate of drug-likeness (QED) is 0.744. The number of carbonyl (C=O) groups excluding carboxylic acids is 1. The first-order valence-corrected chi connectivity index (χ1v) is 7.81. The topological polar surface area (TPSA) is 75.3 Å². The smallest absolute Gasteiger partial charge is 0.251 e. The lowest BCUT2D eigenvalue weighted by Crippen LogP contribution is -2.45. The van der Waals surface area contributed by atoms with Gasteiger partial charge in [-0.05, 0) is 30.9 Å². The van der Waals surface area contributed by atoms with Crippen LogP contribution < -0.4 is 11.1 Å². The van der Waals surface area contributed by atoms with Crippen LogP contribution >= 0.6 is 23.2 Å². The van der Waals surface area contributed by atoms with E-state index in [4.69, 9.17) is 28.9 Å². The number of benzene rings is 1. The highest BCUT2D eigenvalue weighted by Crippen LogP contribution is 2.32. The number of rotatable bonds is 3. The molecular weight excluding hydrogens is 311 g/mol. The lowest BCUT2D eigenvalue weighted by Gasteiger charge is -2.35. The van der Waals surface area contributed by atoms with Crippen molar-refractivity contribution in [2.75, 3.05) is 12.3 Å². The molecule has 2 unspecified atom stereocenters. The zero-order chi connectivity index (χ0) is 15.6. The first-order chi connectivity index (χ1) is 9.81. The van der Waals surface area contributed by atoms with E-state index in [-0.39, 0.29) is 28.2 Å². The lowest BCUT2D eigenvalue weighted by atomic mass is 9.79. The number of nitrogen functional groups attached to an aromatic ring is 1. The van der Waals surface area contributed by atoms with Crippen molar-refractivity contribution in [1.82, 2.24) is 5.32 Å². The van der Waals surface area contributed by atoms with Crippen LogP contribution in [0, 0.1) is 5.92 Å². The van der Waals surface area contributed by atoms with Crippen molar-refractivity contribution in [3.8, 4) is 0 Å². The maximum atomic E-state index is 12.1. The number of aliphatic hydroxyl groups is 1. The zero-order valence-corrected chi connectivity index (χ0v) is 13.5. The third-order valence-corrected chi connectivity index (χ3v) is 4.61. The molecule has 1 aliphatic carbocycles. The second kappa shape index (κ2) is 6.42. The van der Waals surface area contributed by atoms with Crippen molar-refractivity contribution < 1.29 is 9.90 Å². The van der Waals surface area contributed by atoms with E-state index >= 15 is 0 Å². The molecule has 4 nitrogen and oxygen atoms in total. The molecule has 2 atom stereocenters. The fourth-order valence-corrected chi connectivity index (χ4v) is 3.34. The molecule has 4 N–H and O–H groups in total. The normalized spacial score (nSPS) is 25.6. The Morgan fingerprint density at radius 2 is 2.10 bits per heavy atom. The van der Waals surface area contributed by atoms with Gasteiger partial charge in [0.15, 0.2) is 0 Å². The summed E-state index contributed by atoms with van der Waals surface area (Å²) in [7, 11) is 0. The van der Waals surface area contributed by atoms with Crippen LogP contribution in [0.25, 0.3) is 0 Å². The van der Waals surface area contributed by atoms with E-state index in [9.17, 15) is 9.90 Å². The number of hydrogen-bond donors (Lipinski definition) is 3. The van der Waals surface area contributed by atoms with Gasteiger partial charge in [0.25, 0.3) is 5.91 Å². The highest BCUT2D eigenvalue weighted by molar-refractivity contribution is 6.39. The van der Waals surface area contributed by atoms with Crippen molar-refractivity contribution >= 4 is 34.8 Å². The fraction of sp³-hybridized carbons (Fsp3) is 0.533. The van der Waals surface area contributed by atoms with E-state index in [0.717, 1.165) is 12.8 Å². The van der Waals surface area contributed by atoms with Crippen molar-refractivity contribution in [3.63, 3.8) is 0 Å². The van der Waals surface area contributed by atoms with Crippen LogP contribution in [0.15, 0.2) is 12.1 Å². The van der Waals surface area contributed by atoms with E-state index in [1.54, 1.807) is 0 Å². The molecule has 0 heterocycles. The number of carbonyl (C=O) groups is 1. The summed E-state index contributed by atoms with van der Waals surface area (Å²) in [5.41, 5.74) is 5.42. The van der Waals surface area contributed by atoms with Crippen LogP contribution in [-0.2, 0) is 0 Å². The highest BCUT2D eigenvalue weighted by Gasteiger charge is 2.32. The minimum Gasteiger partial charge on any atom is -0.396 e. The predicted molar refractivity (Wildman–Crippen MR) is 85.8 cm³/mol.